The van der Waals surface area contributed by atoms with Crippen molar-refractivity contribution in [2.24, 2.45) is 0 Å². The summed E-state index contributed by atoms with van der Waals surface area (Å²) in [6.07, 6.45) is 2.46. The van der Waals surface area contributed by atoms with Crippen LogP contribution in [0, 0.1) is 6.92 Å². The van der Waals surface area contributed by atoms with Crippen molar-refractivity contribution < 1.29 is 14.6 Å². The van der Waals surface area contributed by atoms with Crippen molar-refractivity contribution in [2.75, 3.05) is 6.61 Å². The van der Waals surface area contributed by atoms with Crippen LogP contribution in [0.3, 0.4) is 0 Å². The van der Waals surface area contributed by atoms with Gasteiger partial charge < -0.3 is 9.84 Å². The Morgan fingerprint density at radius 2 is 2.29 bits per heavy atom. The van der Waals surface area contributed by atoms with Gasteiger partial charge in [-0.2, -0.15) is 0 Å². The fourth-order valence-corrected chi connectivity index (χ4v) is 1.16. The molecule has 1 rings (SSSR count). The molecule has 0 aliphatic carbocycles. The molecule has 90 valence electrons. The van der Waals surface area contributed by atoms with Crippen molar-refractivity contribution in [2.45, 2.75) is 13.8 Å². The lowest BCUT2D eigenvalue weighted by Crippen LogP contribution is -2.01. The van der Waals surface area contributed by atoms with Gasteiger partial charge in [-0.1, -0.05) is 6.58 Å². The molecule has 0 unspecified atom stereocenters. The lowest BCUT2D eigenvalue weighted by molar-refractivity contribution is -0.131. The van der Waals surface area contributed by atoms with Crippen molar-refractivity contribution in [3.63, 3.8) is 0 Å². The van der Waals surface area contributed by atoms with Crippen LogP contribution in [-0.4, -0.2) is 22.7 Å². The molecule has 1 heterocycles. The van der Waals surface area contributed by atoms with E-state index in [1.54, 1.807) is 6.07 Å². The van der Waals surface area contributed by atoms with Crippen LogP contribution < -0.4 is 4.74 Å². The standard InChI is InChI=1S/C13H15NO3/c1-9(2)8-17-12-6-4-10(3)14-11(12)5-7-13(15)16/h4-7H,1,8H2,2-3H3,(H,15,16). The van der Waals surface area contributed by atoms with E-state index >= 15 is 0 Å². The summed E-state index contributed by atoms with van der Waals surface area (Å²) in [4.78, 5) is 14.7. The molecule has 1 aromatic rings. The van der Waals surface area contributed by atoms with Gasteiger partial charge in [0.15, 0.2) is 0 Å². The molecule has 0 bridgehead atoms. The molecule has 0 spiro atoms. The molecule has 1 N–H and O–H groups in total. The Hall–Kier alpha value is -2.10. The summed E-state index contributed by atoms with van der Waals surface area (Å²) < 4.78 is 5.48. The number of pyridine rings is 1. The van der Waals surface area contributed by atoms with Crippen molar-refractivity contribution in [1.82, 2.24) is 4.98 Å². The molecular formula is C13H15NO3. The molecule has 0 saturated heterocycles. The van der Waals surface area contributed by atoms with Crippen LogP contribution in [0.2, 0.25) is 0 Å². The number of nitrogens with zero attached hydrogens (tertiary/aromatic N) is 1. The third-order valence-corrected chi connectivity index (χ3v) is 1.88. The molecule has 1 aromatic heterocycles. The van der Waals surface area contributed by atoms with E-state index in [-0.39, 0.29) is 0 Å². The molecule has 0 aromatic carbocycles. The largest absolute Gasteiger partial charge is 0.487 e. The third kappa shape index (κ3) is 4.51. The van der Waals surface area contributed by atoms with Crippen LogP contribution in [-0.2, 0) is 4.79 Å². The van der Waals surface area contributed by atoms with E-state index in [1.165, 1.54) is 6.08 Å². The van der Waals surface area contributed by atoms with Gasteiger partial charge in [-0.3, -0.25) is 0 Å². The van der Waals surface area contributed by atoms with E-state index in [9.17, 15) is 4.79 Å². The molecule has 0 saturated carbocycles. The zero-order chi connectivity index (χ0) is 12.8. The number of rotatable bonds is 5. The summed E-state index contributed by atoms with van der Waals surface area (Å²) in [5.41, 5.74) is 2.20. The summed E-state index contributed by atoms with van der Waals surface area (Å²) in [6, 6.07) is 3.58. The molecule has 4 nitrogen and oxygen atoms in total. The zero-order valence-corrected chi connectivity index (χ0v) is 9.93. The van der Waals surface area contributed by atoms with Gasteiger partial charge >= 0.3 is 5.97 Å². The predicted molar refractivity (Wildman–Crippen MR) is 66.0 cm³/mol. The van der Waals surface area contributed by atoms with Crippen molar-refractivity contribution >= 4 is 12.0 Å². The van der Waals surface area contributed by atoms with Gasteiger partial charge in [-0.15, -0.1) is 0 Å². The Morgan fingerprint density at radius 3 is 2.88 bits per heavy atom. The molecule has 0 aliphatic rings. The van der Waals surface area contributed by atoms with Gasteiger partial charge in [0.25, 0.3) is 0 Å². The molecule has 0 radical (unpaired) electrons. The SMILES string of the molecule is C=C(C)COc1ccc(C)nc1C=CC(=O)O. The summed E-state index contributed by atoms with van der Waals surface area (Å²) in [5.74, 6) is -0.463. The van der Waals surface area contributed by atoms with Gasteiger partial charge in [-0.05, 0) is 37.6 Å². The number of ether oxygens (including phenoxy) is 1. The highest BCUT2D eigenvalue weighted by molar-refractivity contribution is 5.85. The first-order chi connectivity index (χ1) is 7.99. The number of carboxylic acid groups (broad SMARTS) is 1. The highest BCUT2D eigenvalue weighted by Crippen LogP contribution is 2.19. The predicted octanol–water partition coefficient (Wildman–Crippen LogP) is 2.44. The minimum atomic E-state index is -1.01. The second-order valence-corrected chi connectivity index (χ2v) is 3.75. The minimum absolute atomic E-state index is 0.388. The monoisotopic (exact) mass is 233 g/mol. The smallest absolute Gasteiger partial charge is 0.328 e. The first kappa shape index (κ1) is 13.0. The average molecular weight is 233 g/mol. The second kappa shape index (κ2) is 5.84. The van der Waals surface area contributed by atoms with Crippen molar-refractivity contribution in [3.05, 3.63) is 41.7 Å². The number of aromatic nitrogens is 1. The molecular weight excluding hydrogens is 218 g/mol. The Labute approximate surface area is 100 Å². The number of aryl methyl sites for hydroxylation is 1. The lowest BCUT2D eigenvalue weighted by Gasteiger charge is -2.08. The maximum Gasteiger partial charge on any atom is 0.328 e. The van der Waals surface area contributed by atoms with Crippen LogP contribution in [0.5, 0.6) is 5.75 Å². The summed E-state index contributed by atoms with van der Waals surface area (Å²) in [7, 11) is 0. The van der Waals surface area contributed by atoms with Crippen LogP contribution in [0.4, 0.5) is 0 Å². The topological polar surface area (TPSA) is 59.4 Å². The Bertz CT molecular complexity index is 464. The maximum atomic E-state index is 10.5. The molecule has 0 amide bonds. The summed E-state index contributed by atoms with van der Waals surface area (Å²) >= 11 is 0. The van der Waals surface area contributed by atoms with E-state index < -0.39 is 5.97 Å². The minimum Gasteiger partial charge on any atom is -0.487 e. The van der Waals surface area contributed by atoms with Gasteiger partial charge in [0.1, 0.15) is 18.1 Å². The molecule has 4 heteroatoms. The second-order valence-electron chi connectivity index (χ2n) is 3.75. The third-order valence-electron chi connectivity index (χ3n) is 1.88. The average Bonchev–Trinajstić information content (AvgIpc) is 2.24. The lowest BCUT2D eigenvalue weighted by atomic mass is 10.2. The number of aliphatic carboxylic acids is 1. The van der Waals surface area contributed by atoms with Crippen molar-refractivity contribution in [1.29, 1.82) is 0 Å². The maximum absolute atomic E-state index is 10.5. The fourth-order valence-electron chi connectivity index (χ4n) is 1.16. The first-order valence-corrected chi connectivity index (χ1v) is 5.15. The molecule has 0 fully saturated rings. The van der Waals surface area contributed by atoms with E-state index in [0.29, 0.717) is 18.1 Å². The summed E-state index contributed by atoms with van der Waals surface area (Å²) in [5, 5.41) is 8.58. The number of carbonyl (C=O) groups is 1. The Balaban J connectivity index is 2.95. The van der Waals surface area contributed by atoms with Crippen LogP contribution >= 0.6 is 0 Å². The van der Waals surface area contributed by atoms with Gasteiger partial charge in [0, 0.05) is 11.8 Å². The first-order valence-electron chi connectivity index (χ1n) is 5.15. The zero-order valence-electron chi connectivity index (χ0n) is 9.93. The quantitative estimate of drug-likeness (QED) is 0.626. The number of hydrogen-bond acceptors (Lipinski definition) is 3. The fraction of sp³-hybridized carbons (Fsp3) is 0.231. The van der Waals surface area contributed by atoms with E-state index in [4.69, 9.17) is 9.84 Å². The normalized spacial score (nSPS) is 10.5. The van der Waals surface area contributed by atoms with Crippen LogP contribution in [0.15, 0.2) is 30.4 Å². The number of hydrogen-bond donors (Lipinski definition) is 1. The van der Waals surface area contributed by atoms with Gasteiger partial charge in [0.2, 0.25) is 0 Å². The van der Waals surface area contributed by atoms with E-state index in [0.717, 1.165) is 17.3 Å². The molecule has 0 aliphatic heterocycles. The molecule has 17 heavy (non-hydrogen) atoms. The highest BCUT2D eigenvalue weighted by atomic mass is 16.5. The van der Waals surface area contributed by atoms with E-state index in [1.807, 2.05) is 19.9 Å². The van der Waals surface area contributed by atoms with Crippen LogP contribution in [0.25, 0.3) is 6.08 Å². The summed E-state index contributed by atoms with van der Waals surface area (Å²) in [6.45, 7) is 7.81. The Kier molecular flexibility index (Phi) is 4.46. The van der Waals surface area contributed by atoms with Gasteiger partial charge in [0.05, 0.1) is 0 Å². The van der Waals surface area contributed by atoms with E-state index in [2.05, 4.69) is 11.6 Å². The van der Waals surface area contributed by atoms with Crippen LogP contribution in [0.1, 0.15) is 18.3 Å². The Morgan fingerprint density at radius 1 is 1.59 bits per heavy atom. The highest BCUT2D eigenvalue weighted by Gasteiger charge is 2.03. The van der Waals surface area contributed by atoms with Gasteiger partial charge in [-0.25, -0.2) is 9.78 Å². The van der Waals surface area contributed by atoms with Crippen molar-refractivity contribution in [3.8, 4) is 5.75 Å². The molecule has 0 atom stereocenters. The number of carboxylic acids is 1.